The van der Waals surface area contributed by atoms with Gasteiger partial charge in [0.05, 0.1) is 24.6 Å². The first-order valence-corrected chi connectivity index (χ1v) is 8.58. The lowest BCUT2D eigenvalue weighted by Gasteiger charge is -2.38. The summed E-state index contributed by atoms with van der Waals surface area (Å²) in [6, 6.07) is 6.34. The topological polar surface area (TPSA) is 66.5 Å². The number of hydrogen-bond donors (Lipinski definition) is 1. The second-order valence-electron chi connectivity index (χ2n) is 6.38. The van der Waals surface area contributed by atoms with E-state index >= 15 is 0 Å². The van der Waals surface area contributed by atoms with Crippen molar-refractivity contribution in [3.8, 4) is 0 Å². The van der Waals surface area contributed by atoms with E-state index in [0.717, 1.165) is 49.7 Å². The molecule has 2 aliphatic rings. The highest BCUT2D eigenvalue weighted by Gasteiger charge is 2.38. The zero-order chi connectivity index (χ0) is 16.2. The van der Waals surface area contributed by atoms with Gasteiger partial charge in [-0.15, -0.1) is 0 Å². The highest BCUT2D eigenvalue weighted by atomic mass is 16.5. The maximum absolute atomic E-state index is 6.25. The molecule has 1 saturated heterocycles. The number of anilines is 2. The molecule has 0 bridgehead atoms. The third-order valence-corrected chi connectivity index (χ3v) is 4.59. The molecule has 3 rings (SSSR count). The molecule has 126 valence electrons. The van der Waals surface area contributed by atoms with Crippen molar-refractivity contribution in [3.63, 3.8) is 0 Å². The number of nitrogens with two attached hydrogens (primary N) is 1. The Morgan fingerprint density at radius 2 is 2.09 bits per heavy atom. The number of nitrogen functional groups attached to an aromatic ring is 1. The normalized spacial score (nSPS) is 25.2. The summed E-state index contributed by atoms with van der Waals surface area (Å²) in [6.07, 6.45) is 3.55. The molecule has 0 amide bonds. The summed E-state index contributed by atoms with van der Waals surface area (Å²) in [6.45, 7) is 7.64. The van der Waals surface area contributed by atoms with E-state index in [4.69, 9.17) is 10.5 Å². The summed E-state index contributed by atoms with van der Waals surface area (Å²) in [5.41, 5.74) is 9.13. The van der Waals surface area contributed by atoms with Crippen LogP contribution >= 0.6 is 0 Å². The van der Waals surface area contributed by atoms with Gasteiger partial charge >= 0.3 is 0 Å². The van der Waals surface area contributed by atoms with Gasteiger partial charge in [0.25, 0.3) is 0 Å². The van der Waals surface area contributed by atoms with Crippen LogP contribution in [0.3, 0.4) is 0 Å². The molecule has 2 unspecified atom stereocenters. The van der Waals surface area contributed by atoms with E-state index in [1.165, 1.54) is 12.8 Å². The van der Waals surface area contributed by atoms with Gasteiger partial charge in [-0.05, 0) is 31.0 Å². The average molecular weight is 317 g/mol. The molecule has 2 heterocycles. The van der Waals surface area contributed by atoms with Gasteiger partial charge in [0, 0.05) is 13.1 Å². The van der Waals surface area contributed by atoms with Crippen LogP contribution in [0.1, 0.15) is 31.7 Å². The molecule has 1 aromatic carbocycles. The van der Waals surface area contributed by atoms with Gasteiger partial charge in [-0.2, -0.15) is 5.11 Å². The first kappa shape index (κ1) is 16.2. The summed E-state index contributed by atoms with van der Waals surface area (Å²) >= 11 is 0. The highest BCUT2D eigenvalue weighted by Crippen LogP contribution is 2.34. The minimum Gasteiger partial charge on any atom is -0.397 e. The largest absolute Gasteiger partial charge is 0.397 e. The predicted octanol–water partition coefficient (Wildman–Crippen LogP) is 2.98. The Labute approximate surface area is 138 Å². The van der Waals surface area contributed by atoms with E-state index in [-0.39, 0.29) is 12.2 Å². The van der Waals surface area contributed by atoms with Crippen molar-refractivity contribution in [2.45, 2.75) is 45.3 Å². The number of unbranched alkanes of at least 4 members (excludes halogenated alkanes) is 1. The fourth-order valence-corrected chi connectivity index (χ4v) is 3.33. The van der Waals surface area contributed by atoms with Crippen molar-refractivity contribution >= 4 is 11.4 Å². The fourth-order valence-electron chi connectivity index (χ4n) is 3.33. The molecule has 6 nitrogen and oxygen atoms in total. The lowest BCUT2D eigenvalue weighted by atomic mass is 10.1. The van der Waals surface area contributed by atoms with Crippen molar-refractivity contribution in [1.82, 2.24) is 4.90 Å². The maximum atomic E-state index is 6.25. The van der Waals surface area contributed by atoms with Gasteiger partial charge < -0.3 is 10.5 Å². The van der Waals surface area contributed by atoms with Crippen LogP contribution in [0, 0.1) is 6.92 Å². The van der Waals surface area contributed by atoms with E-state index in [1.54, 1.807) is 0 Å². The molecule has 2 atom stereocenters. The Hall–Kier alpha value is -1.66. The van der Waals surface area contributed by atoms with Crippen molar-refractivity contribution in [1.29, 1.82) is 0 Å². The molecule has 1 fully saturated rings. The van der Waals surface area contributed by atoms with Gasteiger partial charge in [-0.25, -0.2) is 5.01 Å². The van der Waals surface area contributed by atoms with Crippen LogP contribution in [-0.2, 0) is 4.74 Å². The van der Waals surface area contributed by atoms with E-state index in [1.807, 2.05) is 11.1 Å². The van der Waals surface area contributed by atoms with Crippen LogP contribution in [0.2, 0.25) is 0 Å². The van der Waals surface area contributed by atoms with Crippen LogP contribution in [0.25, 0.3) is 0 Å². The summed E-state index contributed by atoms with van der Waals surface area (Å²) in [7, 11) is 0. The monoisotopic (exact) mass is 317 g/mol. The van der Waals surface area contributed by atoms with Crippen molar-refractivity contribution in [2.24, 2.45) is 10.3 Å². The van der Waals surface area contributed by atoms with E-state index in [2.05, 4.69) is 41.2 Å². The van der Waals surface area contributed by atoms with Crippen LogP contribution in [-0.4, -0.2) is 43.4 Å². The number of rotatable bonds is 5. The molecule has 0 spiro atoms. The minimum atomic E-state index is 0.149. The third-order valence-electron chi connectivity index (χ3n) is 4.59. The number of hydrogen-bond acceptors (Lipinski definition) is 6. The maximum Gasteiger partial charge on any atom is 0.131 e. The summed E-state index contributed by atoms with van der Waals surface area (Å²) in [5.74, 6) is 0. The number of ether oxygens (including phenoxy) is 1. The molecule has 0 radical (unpaired) electrons. The first-order valence-electron chi connectivity index (χ1n) is 8.58. The number of nitrogens with zero attached hydrogens (tertiary/aromatic N) is 4. The molecule has 23 heavy (non-hydrogen) atoms. The van der Waals surface area contributed by atoms with Crippen LogP contribution in [0.5, 0.6) is 0 Å². The Balaban J connectivity index is 1.86. The Morgan fingerprint density at radius 1 is 1.30 bits per heavy atom. The average Bonchev–Trinajstić information content (AvgIpc) is 2.97. The zero-order valence-electron chi connectivity index (χ0n) is 14.1. The van der Waals surface area contributed by atoms with Gasteiger partial charge in [-0.3, -0.25) is 4.90 Å². The first-order chi connectivity index (χ1) is 11.2. The smallest absolute Gasteiger partial charge is 0.131 e. The molecule has 6 heteroatoms. The summed E-state index contributed by atoms with van der Waals surface area (Å²) < 4.78 is 5.51. The quantitative estimate of drug-likeness (QED) is 0.848. The molecule has 0 aliphatic carbocycles. The molecule has 1 aromatic rings. The van der Waals surface area contributed by atoms with Crippen molar-refractivity contribution in [3.05, 3.63) is 23.8 Å². The van der Waals surface area contributed by atoms with Gasteiger partial charge in [0.2, 0.25) is 0 Å². The number of benzene rings is 1. The fraction of sp³-hybridized carbons (Fsp3) is 0.647. The van der Waals surface area contributed by atoms with Gasteiger partial charge in [0.15, 0.2) is 0 Å². The summed E-state index contributed by atoms with van der Waals surface area (Å²) in [4.78, 5) is 2.43. The Bertz CT molecular complexity index is 556. The van der Waals surface area contributed by atoms with Gasteiger partial charge in [0.1, 0.15) is 12.2 Å². The lowest BCUT2D eigenvalue weighted by Crippen LogP contribution is -2.53. The van der Waals surface area contributed by atoms with Gasteiger partial charge in [-0.1, -0.05) is 31.1 Å². The highest BCUT2D eigenvalue weighted by molar-refractivity contribution is 5.68. The van der Waals surface area contributed by atoms with E-state index < -0.39 is 0 Å². The standard InChI is InChI=1S/C17H27N5O/c1-3-4-5-15-17(21-8-10-23-11-9-21)22(20-19-15)16-7-6-13(2)12-14(16)18/h6-7,12,15,17H,3-5,8-11,18H2,1-2H3. The molecule has 0 saturated carbocycles. The van der Waals surface area contributed by atoms with E-state index in [0.29, 0.717) is 0 Å². The van der Waals surface area contributed by atoms with Crippen LogP contribution in [0.15, 0.2) is 28.5 Å². The van der Waals surface area contributed by atoms with Crippen molar-refractivity contribution in [2.75, 3.05) is 37.0 Å². The van der Waals surface area contributed by atoms with Crippen LogP contribution in [0.4, 0.5) is 11.4 Å². The van der Waals surface area contributed by atoms with Crippen LogP contribution < -0.4 is 10.7 Å². The molecule has 2 aliphatic heterocycles. The Kier molecular flexibility index (Phi) is 5.13. The zero-order valence-corrected chi connectivity index (χ0v) is 14.1. The molecular weight excluding hydrogens is 290 g/mol. The second kappa shape index (κ2) is 7.27. The minimum absolute atomic E-state index is 0.149. The third kappa shape index (κ3) is 3.48. The Morgan fingerprint density at radius 3 is 2.78 bits per heavy atom. The second-order valence-corrected chi connectivity index (χ2v) is 6.38. The summed E-state index contributed by atoms with van der Waals surface area (Å²) in [5, 5.41) is 11.1. The number of morpholine rings is 1. The van der Waals surface area contributed by atoms with Crippen molar-refractivity contribution < 1.29 is 4.74 Å². The van der Waals surface area contributed by atoms with E-state index in [9.17, 15) is 0 Å². The molecule has 0 aromatic heterocycles. The predicted molar refractivity (Wildman–Crippen MR) is 92.4 cm³/mol. The molecular formula is C17H27N5O. The SMILES string of the molecule is CCCCC1N=NN(c2ccc(C)cc2N)C1N1CCOCC1. The number of aryl methyl sites for hydroxylation is 1. The molecule has 2 N–H and O–H groups in total. The lowest BCUT2D eigenvalue weighted by molar-refractivity contribution is 0.0135.